The van der Waals surface area contributed by atoms with Crippen molar-refractivity contribution in [3.63, 3.8) is 0 Å². The summed E-state index contributed by atoms with van der Waals surface area (Å²) in [7, 11) is 3.13. The molecule has 0 amide bonds. The van der Waals surface area contributed by atoms with E-state index >= 15 is 0 Å². The minimum Gasteiger partial charge on any atom is -0.497 e. The van der Waals surface area contributed by atoms with Gasteiger partial charge in [-0.25, -0.2) is 0 Å². The Balaban J connectivity index is 1.73. The first-order valence-electron chi connectivity index (χ1n) is 6.62. The Kier molecular flexibility index (Phi) is 4.43. The Morgan fingerprint density at radius 1 is 1.37 bits per heavy atom. The highest BCUT2D eigenvalue weighted by atomic mass is 16.5. The number of carbonyl (C=O) groups excluding carboxylic acids is 1. The number of ether oxygens (including phenoxy) is 2. The van der Waals surface area contributed by atoms with E-state index in [4.69, 9.17) is 9.47 Å². The lowest BCUT2D eigenvalue weighted by Gasteiger charge is -2.13. The molecule has 0 aromatic heterocycles. The molecule has 1 fully saturated rings. The van der Waals surface area contributed by atoms with E-state index in [1.165, 1.54) is 12.7 Å². The fourth-order valence-electron chi connectivity index (χ4n) is 2.21. The first kappa shape index (κ1) is 13.9. The van der Waals surface area contributed by atoms with Crippen LogP contribution in [0.15, 0.2) is 24.3 Å². The summed E-state index contributed by atoms with van der Waals surface area (Å²) in [6, 6.07) is 8.05. The van der Waals surface area contributed by atoms with Crippen molar-refractivity contribution in [1.29, 1.82) is 0 Å². The maximum atomic E-state index is 11.6. The van der Waals surface area contributed by atoms with Crippen LogP contribution in [0.4, 0.5) is 0 Å². The number of benzene rings is 1. The topological polar surface area (TPSA) is 47.6 Å². The zero-order valence-corrected chi connectivity index (χ0v) is 11.6. The molecule has 0 radical (unpaired) electrons. The van der Waals surface area contributed by atoms with Crippen LogP contribution in [0, 0.1) is 5.41 Å². The fraction of sp³-hybridized carbons (Fsp3) is 0.533. The van der Waals surface area contributed by atoms with Crippen LogP contribution in [0.25, 0.3) is 0 Å². The molecule has 0 heterocycles. The zero-order valence-electron chi connectivity index (χ0n) is 11.6. The summed E-state index contributed by atoms with van der Waals surface area (Å²) in [4.78, 5) is 11.6. The summed E-state index contributed by atoms with van der Waals surface area (Å²) in [5, 5.41) is 3.35. The molecule has 2 rings (SSSR count). The van der Waals surface area contributed by atoms with Gasteiger partial charge in [0.15, 0.2) is 0 Å². The molecule has 0 aliphatic heterocycles. The van der Waals surface area contributed by atoms with Gasteiger partial charge in [0.05, 0.1) is 19.6 Å². The molecular weight excluding hydrogens is 242 g/mol. The van der Waals surface area contributed by atoms with Crippen molar-refractivity contribution >= 4 is 5.97 Å². The van der Waals surface area contributed by atoms with E-state index < -0.39 is 0 Å². The van der Waals surface area contributed by atoms with Gasteiger partial charge < -0.3 is 14.8 Å². The third-order valence-corrected chi connectivity index (χ3v) is 3.66. The van der Waals surface area contributed by atoms with Crippen LogP contribution in [0.1, 0.15) is 18.4 Å². The standard InChI is InChI=1S/C15H21NO3/c1-18-13-5-3-4-12(10-13)6-9-16-11-15(7-8-15)14(17)19-2/h3-5,10,16H,6-9,11H2,1-2H3. The van der Waals surface area contributed by atoms with Crippen LogP contribution in [-0.2, 0) is 16.0 Å². The molecule has 1 saturated carbocycles. The van der Waals surface area contributed by atoms with Crippen molar-refractivity contribution in [3.8, 4) is 5.75 Å². The Bertz CT molecular complexity index is 441. The molecule has 0 spiro atoms. The minimum absolute atomic E-state index is 0.0821. The molecule has 0 atom stereocenters. The van der Waals surface area contributed by atoms with E-state index in [0.29, 0.717) is 6.54 Å². The third-order valence-electron chi connectivity index (χ3n) is 3.66. The van der Waals surface area contributed by atoms with Gasteiger partial charge in [0, 0.05) is 6.54 Å². The summed E-state index contributed by atoms with van der Waals surface area (Å²) in [5.41, 5.74) is 0.984. The molecule has 1 aromatic rings. The highest BCUT2D eigenvalue weighted by Gasteiger charge is 2.50. The molecular formula is C15H21NO3. The molecule has 1 aliphatic carbocycles. The lowest BCUT2D eigenvalue weighted by atomic mass is 10.1. The van der Waals surface area contributed by atoms with E-state index in [9.17, 15) is 4.79 Å². The highest BCUT2D eigenvalue weighted by molar-refractivity contribution is 5.80. The molecule has 1 N–H and O–H groups in total. The van der Waals surface area contributed by atoms with Gasteiger partial charge in [0.25, 0.3) is 0 Å². The van der Waals surface area contributed by atoms with Gasteiger partial charge in [0.1, 0.15) is 5.75 Å². The summed E-state index contributed by atoms with van der Waals surface area (Å²) in [6.45, 7) is 1.57. The van der Waals surface area contributed by atoms with Crippen molar-refractivity contribution in [3.05, 3.63) is 29.8 Å². The molecule has 1 aromatic carbocycles. The Hall–Kier alpha value is -1.55. The van der Waals surface area contributed by atoms with Gasteiger partial charge >= 0.3 is 5.97 Å². The third kappa shape index (κ3) is 3.47. The second kappa shape index (κ2) is 6.06. The molecule has 1 aliphatic rings. The van der Waals surface area contributed by atoms with Crippen molar-refractivity contribution in [2.24, 2.45) is 5.41 Å². The number of methoxy groups -OCH3 is 2. The summed E-state index contributed by atoms with van der Waals surface area (Å²) in [5.74, 6) is 0.798. The second-order valence-corrected chi connectivity index (χ2v) is 5.05. The SMILES string of the molecule is COC(=O)C1(CNCCc2cccc(OC)c2)CC1. The average Bonchev–Trinajstić information content (AvgIpc) is 3.24. The molecule has 104 valence electrons. The monoisotopic (exact) mass is 263 g/mol. The van der Waals surface area contributed by atoms with Gasteiger partial charge in [-0.05, 0) is 43.5 Å². The Morgan fingerprint density at radius 2 is 2.16 bits per heavy atom. The van der Waals surface area contributed by atoms with Crippen LogP contribution in [0.2, 0.25) is 0 Å². The second-order valence-electron chi connectivity index (χ2n) is 5.05. The zero-order chi connectivity index (χ0) is 13.7. The van der Waals surface area contributed by atoms with Crippen LogP contribution in [0.3, 0.4) is 0 Å². The highest BCUT2D eigenvalue weighted by Crippen LogP contribution is 2.45. The quantitative estimate of drug-likeness (QED) is 0.602. The Labute approximate surface area is 114 Å². The van der Waals surface area contributed by atoms with Crippen LogP contribution in [0.5, 0.6) is 5.75 Å². The van der Waals surface area contributed by atoms with E-state index in [1.54, 1.807) is 7.11 Å². The van der Waals surface area contributed by atoms with Crippen LogP contribution >= 0.6 is 0 Å². The first-order chi connectivity index (χ1) is 9.20. The molecule has 19 heavy (non-hydrogen) atoms. The van der Waals surface area contributed by atoms with Crippen molar-refractivity contribution in [2.45, 2.75) is 19.3 Å². The maximum absolute atomic E-state index is 11.6. The smallest absolute Gasteiger partial charge is 0.313 e. The van der Waals surface area contributed by atoms with Crippen molar-refractivity contribution in [2.75, 3.05) is 27.3 Å². The molecule has 0 unspecified atom stereocenters. The van der Waals surface area contributed by atoms with Gasteiger partial charge in [-0.2, -0.15) is 0 Å². The predicted molar refractivity (Wildman–Crippen MR) is 73.3 cm³/mol. The number of hydrogen-bond acceptors (Lipinski definition) is 4. The van der Waals surface area contributed by atoms with E-state index in [1.807, 2.05) is 18.2 Å². The maximum Gasteiger partial charge on any atom is 0.313 e. The Morgan fingerprint density at radius 3 is 2.79 bits per heavy atom. The van der Waals surface area contributed by atoms with Crippen molar-refractivity contribution in [1.82, 2.24) is 5.32 Å². The van der Waals surface area contributed by atoms with Gasteiger partial charge in [-0.15, -0.1) is 0 Å². The van der Waals surface area contributed by atoms with E-state index in [0.717, 1.165) is 31.6 Å². The normalized spacial score (nSPS) is 15.9. The number of carbonyl (C=O) groups is 1. The number of esters is 1. The lowest BCUT2D eigenvalue weighted by Crippen LogP contribution is -2.32. The van der Waals surface area contributed by atoms with Gasteiger partial charge in [-0.3, -0.25) is 4.79 Å². The van der Waals surface area contributed by atoms with Gasteiger partial charge in [-0.1, -0.05) is 12.1 Å². The lowest BCUT2D eigenvalue weighted by molar-refractivity contribution is -0.146. The average molecular weight is 263 g/mol. The summed E-state index contributed by atoms with van der Waals surface area (Å²) in [6.07, 6.45) is 2.80. The molecule has 0 bridgehead atoms. The number of hydrogen-bond donors (Lipinski definition) is 1. The van der Waals surface area contributed by atoms with E-state index in [-0.39, 0.29) is 11.4 Å². The van der Waals surface area contributed by atoms with Crippen LogP contribution < -0.4 is 10.1 Å². The first-order valence-corrected chi connectivity index (χ1v) is 6.62. The summed E-state index contributed by atoms with van der Waals surface area (Å²) >= 11 is 0. The predicted octanol–water partition coefficient (Wildman–Crippen LogP) is 1.78. The van der Waals surface area contributed by atoms with E-state index in [2.05, 4.69) is 11.4 Å². The number of rotatable bonds is 7. The van der Waals surface area contributed by atoms with Crippen LogP contribution in [-0.4, -0.2) is 33.3 Å². The summed E-state index contributed by atoms with van der Waals surface area (Å²) < 4.78 is 10.0. The largest absolute Gasteiger partial charge is 0.497 e. The van der Waals surface area contributed by atoms with Crippen molar-refractivity contribution < 1.29 is 14.3 Å². The molecule has 4 nitrogen and oxygen atoms in total. The fourth-order valence-corrected chi connectivity index (χ4v) is 2.21. The molecule has 0 saturated heterocycles. The molecule has 4 heteroatoms. The number of nitrogens with one attached hydrogen (secondary N) is 1. The van der Waals surface area contributed by atoms with Gasteiger partial charge in [0.2, 0.25) is 0 Å². The minimum atomic E-state index is -0.247.